The number of hydrogen-bond acceptors (Lipinski definition) is 1. The van der Waals surface area contributed by atoms with Crippen molar-refractivity contribution in [1.82, 2.24) is 0 Å². The smallest absolute Gasteiger partial charge is 0.167 e. The maximum atomic E-state index is 14.8. The minimum absolute atomic E-state index is 0.169. The molecule has 3 aromatic rings. The molecule has 0 heterocycles. The fourth-order valence-electron chi connectivity index (χ4n) is 4.61. The zero-order valence-electron chi connectivity index (χ0n) is 19.6. The van der Waals surface area contributed by atoms with Crippen LogP contribution < -0.4 is 0 Å². The minimum atomic E-state index is -1.32. The number of hydrogen-bond donors (Lipinski definition) is 1. The molecule has 0 aromatic heterocycles. The van der Waals surface area contributed by atoms with E-state index in [9.17, 15) is 22.7 Å². The second-order valence-corrected chi connectivity index (χ2v) is 9.12. The molecule has 0 bridgehead atoms. The lowest BCUT2D eigenvalue weighted by atomic mass is 9.84. The van der Waals surface area contributed by atoms with Crippen LogP contribution in [0.5, 0.6) is 0 Å². The molecule has 0 fully saturated rings. The van der Waals surface area contributed by atoms with Crippen molar-refractivity contribution in [2.24, 2.45) is 5.92 Å². The minimum Gasteiger partial charge on any atom is -0.389 e. The molecule has 3 aromatic carbocycles. The molecule has 182 valence electrons. The molecule has 0 saturated heterocycles. The quantitative estimate of drug-likeness (QED) is 0.268. The average Bonchev–Trinajstić information content (AvgIpc) is 2.87. The van der Waals surface area contributed by atoms with Crippen molar-refractivity contribution in [3.05, 3.63) is 119 Å². The first-order valence-corrected chi connectivity index (χ1v) is 11.8. The van der Waals surface area contributed by atoms with Crippen LogP contribution in [-0.2, 0) is 12.8 Å². The van der Waals surface area contributed by atoms with Gasteiger partial charge in [-0.1, -0.05) is 66.8 Å². The van der Waals surface area contributed by atoms with Gasteiger partial charge in [0.2, 0.25) is 0 Å². The SMILES string of the molecule is C=CC1C=CC(c2ccc(CCc3ccc(-c4ccc(C(C)O)c(F)c4F)c(F)c3F)cc2)CC1. The third-order valence-corrected chi connectivity index (χ3v) is 6.81. The Hall–Kier alpha value is -3.18. The summed E-state index contributed by atoms with van der Waals surface area (Å²) >= 11 is 0. The van der Waals surface area contributed by atoms with Gasteiger partial charge in [-0.3, -0.25) is 0 Å². The fraction of sp³-hybridized carbons (Fsp3) is 0.267. The lowest BCUT2D eigenvalue weighted by Gasteiger charge is -2.21. The van der Waals surface area contributed by atoms with Crippen LogP contribution in [0.1, 0.15) is 54.0 Å². The van der Waals surface area contributed by atoms with Gasteiger partial charge in [0.15, 0.2) is 23.3 Å². The number of benzene rings is 3. The second kappa shape index (κ2) is 10.6. The first-order valence-electron chi connectivity index (χ1n) is 11.8. The molecule has 0 aliphatic heterocycles. The van der Waals surface area contributed by atoms with E-state index in [4.69, 9.17) is 0 Å². The van der Waals surface area contributed by atoms with Crippen LogP contribution in [0.3, 0.4) is 0 Å². The Balaban J connectivity index is 1.47. The van der Waals surface area contributed by atoms with Crippen molar-refractivity contribution in [2.45, 2.75) is 44.6 Å². The van der Waals surface area contributed by atoms with Crippen LogP contribution in [0, 0.1) is 29.2 Å². The van der Waals surface area contributed by atoms with Gasteiger partial charge < -0.3 is 5.11 Å². The Morgan fingerprint density at radius 2 is 1.49 bits per heavy atom. The Morgan fingerprint density at radius 1 is 0.829 bits per heavy atom. The summed E-state index contributed by atoms with van der Waals surface area (Å²) < 4.78 is 58.4. The van der Waals surface area contributed by atoms with Crippen molar-refractivity contribution < 1.29 is 22.7 Å². The lowest BCUT2D eigenvalue weighted by Crippen LogP contribution is -2.06. The molecule has 0 amide bonds. The number of aryl methyl sites for hydroxylation is 2. The summed E-state index contributed by atoms with van der Waals surface area (Å²) in [6, 6.07) is 13.2. The van der Waals surface area contributed by atoms with Crippen LogP contribution >= 0.6 is 0 Å². The van der Waals surface area contributed by atoms with E-state index in [-0.39, 0.29) is 28.7 Å². The van der Waals surface area contributed by atoms with E-state index < -0.39 is 29.4 Å². The molecule has 35 heavy (non-hydrogen) atoms. The highest BCUT2D eigenvalue weighted by Gasteiger charge is 2.22. The number of aliphatic hydroxyl groups is 1. The van der Waals surface area contributed by atoms with Gasteiger partial charge in [-0.15, -0.1) is 6.58 Å². The standard InChI is InChI=1S/C30H28F4O/c1-3-19-4-9-21(10-5-19)22-11-6-20(7-12-22)8-13-23-14-15-25(29(33)27(23)31)26-17-16-24(18(2)35)28(32)30(26)34/h3-4,6-7,9,11-12,14-19,21,35H,1,5,8,10,13H2,2H3. The number of allylic oxidation sites excluding steroid dienone is 3. The first kappa shape index (κ1) is 24.9. The van der Waals surface area contributed by atoms with E-state index in [1.807, 2.05) is 18.2 Å². The maximum absolute atomic E-state index is 14.8. The molecule has 1 N–H and O–H groups in total. The van der Waals surface area contributed by atoms with E-state index >= 15 is 0 Å². The third-order valence-electron chi connectivity index (χ3n) is 6.81. The second-order valence-electron chi connectivity index (χ2n) is 9.12. The normalized spacial score (nSPS) is 18.5. The Morgan fingerprint density at radius 3 is 2.09 bits per heavy atom. The zero-order valence-corrected chi connectivity index (χ0v) is 19.6. The van der Waals surface area contributed by atoms with Crippen molar-refractivity contribution in [1.29, 1.82) is 0 Å². The van der Waals surface area contributed by atoms with Gasteiger partial charge in [0, 0.05) is 22.6 Å². The molecule has 0 spiro atoms. The third kappa shape index (κ3) is 5.25. The number of halogens is 4. The van der Waals surface area contributed by atoms with Gasteiger partial charge in [-0.25, -0.2) is 17.6 Å². The summed E-state index contributed by atoms with van der Waals surface area (Å²) in [6.45, 7) is 5.14. The molecule has 3 atom stereocenters. The molecule has 0 radical (unpaired) electrons. The summed E-state index contributed by atoms with van der Waals surface area (Å²) in [5, 5.41) is 9.53. The predicted octanol–water partition coefficient (Wildman–Crippen LogP) is 7.98. The van der Waals surface area contributed by atoms with Crippen molar-refractivity contribution in [3.63, 3.8) is 0 Å². The van der Waals surface area contributed by atoms with Gasteiger partial charge in [-0.05, 0) is 55.2 Å². The van der Waals surface area contributed by atoms with Gasteiger partial charge in [0.05, 0.1) is 6.10 Å². The molecule has 4 rings (SSSR count). The highest BCUT2D eigenvalue weighted by molar-refractivity contribution is 5.66. The molecule has 1 aliphatic carbocycles. The Labute approximate surface area is 203 Å². The topological polar surface area (TPSA) is 20.2 Å². The summed E-state index contributed by atoms with van der Waals surface area (Å²) in [5.74, 6) is -4.06. The van der Waals surface area contributed by atoms with Crippen molar-refractivity contribution >= 4 is 0 Å². The first-order chi connectivity index (χ1) is 16.8. The molecule has 0 saturated carbocycles. The molecular formula is C30H28F4O. The van der Waals surface area contributed by atoms with Crippen molar-refractivity contribution in [3.8, 4) is 11.1 Å². The highest BCUT2D eigenvalue weighted by atomic mass is 19.2. The van der Waals surface area contributed by atoms with E-state index in [0.717, 1.165) is 24.5 Å². The zero-order chi connectivity index (χ0) is 25.1. The number of rotatable bonds is 7. The van der Waals surface area contributed by atoms with Crippen LogP contribution in [0.15, 0.2) is 73.3 Å². The van der Waals surface area contributed by atoms with E-state index in [1.54, 1.807) is 0 Å². The summed E-state index contributed by atoms with van der Waals surface area (Å²) in [7, 11) is 0. The van der Waals surface area contributed by atoms with Crippen LogP contribution in [0.25, 0.3) is 11.1 Å². The number of aliphatic hydroxyl groups excluding tert-OH is 1. The van der Waals surface area contributed by atoms with Crippen molar-refractivity contribution in [2.75, 3.05) is 0 Å². The van der Waals surface area contributed by atoms with E-state index in [1.165, 1.54) is 30.7 Å². The Bertz CT molecular complexity index is 1240. The highest BCUT2D eigenvalue weighted by Crippen LogP contribution is 2.33. The maximum Gasteiger partial charge on any atom is 0.167 e. The molecule has 1 aliphatic rings. The summed E-state index contributed by atoms with van der Waals surface area (Å²) in [6.07, 6.45) is 8.08. The monoisotopic (exact) mass is 480 g/mol. The Kier molecular flexibility index (Phi) is 7.56. The van der Waals surface area contributed by atoms with E-state index in [0.29, 0.717) is 18.3 Å². The summed E-state index contributed by atoms with van der Waals surface area (Å²) in [4.78, 5) is 0. The van der Waals surface area contributed by atoms with Gasteiger partial charge in [0.1, 0.15) is 0 Å². The van der Waals surface area contributed by atoms with E-state index in [2.05, 4.69) is 30.9 Å². The van der Waals surface area contributed by atoms with Crippen LogP contribution in [0.2, 0.25) is 0 Å². The van der Waals surface area contributed by atoms with Gasteiger partial charge >= 0.3 is 0 Å². The largest absolute Gasteiger partial charge is 0.389 e. The van der Waals surface area contributed by atoms with Crippen LogP contribution in [0.4, 0.5) is 17.6 Å². The summed E-state index contributed by atoms with van der Waals surface area (Å²) in [5.41, 5.74) is 1.41. The molecule has 1 nitrogen and oxygen atoms in total. The predicted molar refractivity (Wildman–Crippen MR) is 131 cm³/mol. The lowest BCUT2D eigenvalue weighted by molar-refractivity contribution is 0.193. The van der Waals surface area contributed by atoms with Gasteiger partial charge in [-0.2, -0.15) is 0 Å². The molecule has 5 heteroatoms. The molecular weight excluding hydrogens is 452 g/mol. The van der Waals surface area contributed by atoms with Crippen LogP contribution in [-0.4, -0.2) is 5.11 Å². The molecule has 3 unspecified atom stereocenters. The fourth-order valence-corrected chi connectivity index (χ4v) is 4.61. The van der Waals surface area contributed by atoms with Gasteiger partial charge in [0.25, 0.3) is 0 Å². The average molecular weight is 481 g/mol.